The monoisotopic (exact) mass is 291 g/mol. The fourth-order valence-electron chi connectivity index (χ4n) is 1.64. The van der Waals surface area contributed by atoms with Gasteiger partial charge in [0.2, 0.25) is 5.89 Å². The summed E-state index contributed by atoms with van der Waals surface area (Å²) < 4.78 is 15.6. The van der Waals surface area contributed by atoms with Gasteiger partial charge in [0.1, 0.15) is 11.5 Å². The van der Waals surface area contributed by atoms with Crippen LogP contribution in [0.2, 0.25) is 0 Å². The van der Waals surface area contributed by atoms with Crippen molar-refractivity contribution in [1.82, 2.24) is 10.2 Å². The van der Waals surface area contributed by atoms with Crippen molar-refractivity contribution in [1.29, 1.82) is 0 Å². The van der Waals surface area contributed by atoms with Crippen LogP contribution in [0.3, 0.4) is 0 Å². The fraction of sp³-hybridized carbons (Fsp3) is 0.357. The third-order valence-electron chi connectivity index (χ3n) is 2.79. The van der Waals surface area contributed by atoms with Crippen LogP contribution in [0.1, 0.15) is 36.3 Å². The lowest BCUT2D eigenvalue weighted by Gasteiger charge is -2.10. The second kappa shape index (κ2) is 6.25. The molecule has 2 rings (SSSR count). The normalized spacial score (nSPS) is 10.5. The number of hydrogen-bond donors (Lipinski definition) is 1. The van der Waals surface area contributed by atoms with E-state index in [1.54, 1.807) is 25.3 Å². The van der Waals surface area contributed by atoms with Crippen LogP contribution in [0, 0.1) is 0 Å². The molecule has 0 radical (unpaired) electrons. The zero-order valence-corrected chi connectivity index (χ0v) is 12.3. The molecule has 0 atom stereocenters. The van der Waals surface area contributed by atoms with Crippen molar-refractivity contribution >= 4 is 11.6 Å². The largest absolute Gasteiger partial charge is 0.497 e. The van der Waals surface area contributed by atoms with Gasteiger partial charge in [0.15, 0.2) is 0 Å². The molecule has 1 heterocycles. The van der Waals surface area contributed by atoms with Gasteiger partial charge in [-0.1, -0.05) is 13.8 Å². The molecule has 21 heavy (non-hydrogen) atoms. The maximum Gasteiger partial charge on any atom is 0.313 e. The van der Waals surface area contributed by atoms with Crippen molar-refractivity contribution in [3.05, 3.63) is 30.0 Å². The van der Waals surface area contributed by atoms with Crippen LogP contribution in [0.4, 0.5) is 5.69 Å². The Morgan fingerprint density at radius 1 is 1.24 bits per heavy atom. The Kier molecular flexibility index (Phi) is 4.42. The highest BCUT2D eigenvalue weighted by molar-refractivity contribution is 6.01. The molecule has 0 aliphatic carbocycles. The van der Waals surface area contributed by atoms with E-state index in [1.807, 2.05) is 13.8 Å². The Balaban J connectivity index is 2.18. The molecular weight excluding hydrogens is 274 g/mol. The predicted octanol–water partition coefficient (Wildman–Crippen LogP) is 2.46. The second-order valence-corrected chi connectivity index (χ2v) is 4.62. The topological polar surface area (TPSA) is 86.5 Å². The molecule has 1 aromatic carbocycles. The van der Waals surface area contributed by atoms with Crippen molar-refractivity contribution in [2.24, 2.45) is 0 Å². The Morgan fingerprint density at radius 2 is 2.00 bits per heavy atom. The first-order valence-electron chi connectivity index (χ1n) is 6.42. The van der Waals surface area contributed by atoms with Gasteiger partial charge in [-0.2, -0.15) is 0 Å². The summed E-state index contributed by atoms with van der Waals surface area (Å²) in [5.74, 6) is 1.02. The number of nitrogens with zero attached hydrogens (tertiary/aromatic N) is 2. The number of ether oxygens (including phenoxy) is 2. The molecule has 7 nitrogen and oxygen atoms in total. The van der Waals surface area contributed by atoms with Gasteiger partial charge >= 0.3 is 11.8 Å². The Labute approximate surface area is 122 Å². The van der Waals surface area contributed by atoms with E-state index in [9.17, 15) is 4.79 Å². The van der Waals surface area contributed by atoms with E-state index in [0.29, 0.717) is 23.1 Å². The van der Waals surface area contributed by atoms with Crippen molar-refractivity contribution in [2.45, 2.75) is 19.8 Å². The number of benzene rings is 1. The van der Waals surface area contributed by atoms with Crippen molar-refractivity contribution in [3.8, 4) is 11.5 Å². The zero-order valence-electron chi connectivity index (χ0n) is 12.3. The number of aromatic nitrogens is 2. The number of amides is 1. The van der Waals surface area contributed by atoms with Gasteiger partial charge in [-0.15, -0.1) is 10.2 Å². The second-order valence-electron chi connectivity index (χ2n) is 4.62. The molecule has 7 heteroatoms. The molecule has 2 aromatic rings. The first-order valence-corrected chi connectivity index (χ1v) is 6.42. The summed E-state index contributed by atoms with van der Waals surface area (Å²) in [6, 6.07) is 5.06. The van der Waals surface area contributed by atoms with E-state index in [1.165, 1.54) is 7.11 Å². The van der Waals surface area contributed by atoms with Gasteiger partial charge in [-0.3, -0.25) is 4.79 Å². The third-order valence-corrected chi connectivity index (χ3v) is 2.79. The number of carbonyl (C=O) groups excluding carboxylic acids is 1. The van der Waals surface area contributed by atoms with Crippen molar-refractivity contribution < 1.29 is 18.7 Å². The Morgan fingerprint density at radius 3 is 2.57 bits per heavy atom. The molecule has 1 aromatic heterocycles. The fourth-order valence-corrected chi connectivity index (χ4v) is 1.64. The summed E-state index contributed by atoms with van der Waals surface area (Å²) in [7, 11) is 3.06. The van der Waals surface area contributed by atoms with Crippen LogP contribution >= 0.6 is 0 Å². The molecule has 0 saturated heterocycles. The molecule has 0 unspecified atom stereocenters. The van der Waals surface area contributed by atoms with E-state index in [4.69, 9.17) is 13.9 Å². The first-order chi connectivity index (χ1) is 10.0. The van der Waals surface area contributed by atoms with Crippen LogP contribution in [0.15, 0.2) is 22.6 Å². The minimum atomic E-state index is -0.488. The summed E-state index contributed by atoms with van der Waals surface area (Å²) in [6.45, 7) is 3.81. The highest BCUT2D eigenvalue weighted by atomic mass is 16.5. The lowest BCUT2D eigenvalue weighted by Crippen LogP contribution is -2.13. The number of hydrogen-bond acceptors (Lipinski definition) is 6. The Bertz CT molecular complexity index is 637. The molecular formula is C14H17N3O4. The van der Waals surface area contributed by atoms with Gasteiger partial charge in [-0.25, -0.2) is 0 Å². The molecule has 0 spiro atoms. The predicted molar refractivity (Wildman–Crippen MR) is 75.9 cm³/mol. The van der Waals surface area contributed by atoms with Crippen molar-refractivity contribution in [2.75, 3.05) is 19.5 Å². The van der Waals surface area contributed by atoms with E-state index < -0.39 is 5.91 Å². The van der Waals surface area contributed by atoms with Gasteiger partial charge in [0.25, 0.3) is 0 Å². The number of carbonyl (C=O) groups is 1. The molecule has 0 bridgehead atoms. The highest BCUT2D eigenvalue weighted by Crippen LogP contribution is 2.29. The molecule has 1 amide bonds. The number of methoxy groups -OCH3 is 2. The van der Waals surface area contributed by atoms with Crippen LogP contribution in [0.5, 0.6) is 11.5 Å². The van der Waals surface area contributed by atoms with Gasteiger partial charge in [0, 0.05) is 12.0 Å². The lowest BCUT2D eigenvalue weighted by atomic mass is 10.2. The molecule has 0 aliphatic rings. The smallest absolute Gasteiger partial charge is 0.313 e. The van der Waals surface area contributed by atoms with Crippen LogP contribution < -0.4 is 14.8 Å². The van der Waals surface area contributed by atoms with E-state index in [2.05, 4.69) is 15.5 Å². The van der Waals surface area contributed by atoms with Crippen molar-refractivity contribution in [3.63, 3.8) is 0 Å². The maximum atomic E-state index is 12.1. The summed E-state index contributed by atoms with van der Waals surface area (Å²) in [6.07, 6.45) is 0. The van der Waals surface area contributed by atoms with Gasteiger partial charge < -0.3 is 19.2 Å². The van der Waals surface area contributed by atoms with E-state index >= 15 is 0 Å². The summed E-state index contributed by atoms with van der Waals surface area (Å²) in [5, 5.41) is 10.2. The summed E-state index contributed by atoms with van der Waals surface area (Å²) in [5.41, 5.74) is 0.493. The molecule has 112 valence electrons. The quantitative estimate of drug-likeness (QED) is 0.910. The van der Waals surface area contributed by atoms with E-state index in [0.717, 1.165) is 0 Å². The summed E-state index contributed by atoms with van der Waals surface area (Å²) in [4.78, 5) is 12.1. The van der Waals surface area contributed by atoms with E-state index in [-0.39, 0.29) is 11.8 Å². The molecule has 0 fully saturated rings. The number of rotatable bonds is 5. The average molecular weight is 291 g/mol. The molecule has 0 aliphatic heterocycles. The number of nitrogens with one attached hydrogen (secondary N) is 1. The number of anilines is 1. The molecule has 0 saturated carbocycles. The minimum Gasteiger partial charge on any atom is -0.497 e. The Hall–Kier alpha value is -2.57. The average Bonchev–Trinajstić information content (AvgIpc) is 2.97. The van der Waals surface area contributed by atoms with Gasteiger partial charge in [0.05, 0.1) is 19.9 Å². The minimum absolute atomic E-state index is 0.0644. The molecule has 1 N–H and O–H groups in total. The zero-order chi connectivity index (χ0) is 15.4. The van der Waals surface area contributed by atoms with Gasteiger partial charge in [-0.05, 0) is 12.1 Å². The summed E-state index contributed by atoms with van der Waals surface area (Å²) >= 11 is 0. The first kappa shape index (κ1) is 14.8. The standard InChI is InChI=1S/C14H17N3O4/c1-8(2)13-16-17-14(21-13)12(18)15-10-6-5-9(19-3)7-11(10)20-4/h5-8H,1-4H3,(H,15,18). The van der Waals surface area contributed by atoms with Crippen LogP contribution in [0.25, 0.3) is 0 Å². The SMILES string of the molecule is COc1ccc(NC(=O)c2nnc(C(C)C)o2)c(OC)c1. The lowest BCUT2D eigenvalue weighted by molar-refractivity contribution is 0.0987. The van der Waals surface area contributed by atoms with Crippen LogP contribution in [-0.4, -0.2) is 30.3 Å². The maximum absolute atomic E-state index is 12.1. The third kappa shape index (κ3) is 3.31. The van der Waals surface area contributed by atoms with Crippen LogP contribution in [-0.2, 0) is 0 Å². The highest BCUT2D eigenvalue weighted by Gasteiger charge is 2.18.